The summed E-state index contributed by atoms with van der Waals surface area (Å²) in [5, 5.41) is 32.3. The Balaban J connectivity index is 4.94. The number of thiol groups is 1. The summed E-state index contributed by atoms with van der Waals surface area (Å²) in [4.78, 5) is 67.7. The van der Waals surface area contributed by atoms with Crippen LogP contribution in [0.5, 0.6) is 0 Å². The molecule has 0 aliphatic heterocycles. The zero-order valence-corrected chi connectivity index (χ0v) is 14.8. The molecule has 152 valence electrons. The number of amides is 3. The molecule has 0 bridgehead atoms. The van der Waals surface area contributed by atoms with Crippen LogP contribution in [0.3, 0.4) is 0 Å². The first kappa shape index (κ1) is 24.1. The first-order valence-electron chi connectivity index (χ1n) is 7.38. The van der Waals surface area contributed by atoms with Crippen molar-refractivity contribution >= 4 is 48.3 Å². The lowest BCUT2D eigenvalue weighted by atomic mass is 10.1. The molecule has 0 aromatic carbocycles. The number of aliphatic carboxylic acids is 3. The minimum atomic E-state index is -1.82. The minimum Gasteiger partial charge on any atom is -0.481 e. The largest absolute Gasteiger partial charge is 0.481 e. The molecule has 3 amide bonds. The Kier molecular flexibility index (Phi) is 10.4. The number of rotatable bonds is 12. The minimum absolute atomic E-state index is 0.0116. The van der Waals surface area contributed by atoms with E-state index in [0.717, 1.165) is 0 Å². The van der Waals surface area contributed by atoms with Crippen molar-refractivity contribution in [1.29, 1.82) is 0 Å². The summed E-state index contributed by atoms with van der Waals surface area (Å²) in [6.07, 6.45) is -1.85. The third-order valence-electron chi connectivity index (χ3n) is 2.98. The number of hydrogen-bond donors (Lipinski definition) is 8. The number of nitrogens with two attached hydrogens (primary N) is 1. The molecule has 0 aromatic rings. The molecule has 3 atom stereocenters. The van der Waals surface area contributed by atoms with Crippen LogP contribution in [0.25, 0.3) is 0 Å². The van der Waals surface area contributed by atoms with Crippen molar-refractivity contribution in [3.63, 3.8) is 0 Å². The molecule has 3 unspecified atom stereocenters. The van der Waals surface area contributed by atoms with Crippen LogP contribution in [0.15, 0.2) is 0 Å². The van der Waals surface area contributed by atoms with Gasteiger partial charge in [-0.25, -0.2) is 4.79 Å². The van der Waals surface area contributed by atoms with E-state index in [9.17, 15) is 28.8 Å². The highest BCUT2D eigenvalue weighted by Gasteiger charge is 2.29. The zero-order chi connectivity index (χ0) is 21.1. The second kappa shape index (κ2) is 11.7. The van der Waals surface area contributed by atoms with Crippen LogP contribution >= 0.6 is 12.6 Å². The molecule has 0 saturated carbocycles. The van der Waals surface area contributed by atoms with E-state index in [-0.39, 0.29) is 5.75 Å². The van der Waals surface area contributed by atoms with Gasteiger partial charge in [0.1, 0.15) is 12.1 Å². The SMILES string of the molecule is NC(CS)C(=O)NCC(=O)NC(CC(=O)O)C(=O)NC(CC(=O)O)C(=O)O. The first-order chi connectivity index (χ1) is 12.5. The van der Waals surface area contributed by atoms with Gasteiger partial charge < -0.3 is 37.0 Å². The van der Waals surface area contributed by atoms with Crippen molar-refractivity contribution in [3.8, 4) is 0 Å². The van der Waals surface area contributed by atoms with E-state index in [1.807, 2.05) is 10.6 Å². The van der Waals surface area contributed by atoms with Crippen molar-refractivity contribution < 1.29 is 44.1 Å². The third-order valence-corrected chi connectivity index (χ3v) is 3.37. The van der Waals surface area contributed by atoms with Gasteiger partial charge in [0.25, 0.3) is 0 Å². The standard InChI is InChI=1S/C13H20N4O9S/c14-5(4-27)11(23)15-3-8(18)16-6(1-9(19)20)12(24)17-7(13(25)26)2-10(21)22/h5-7,27H,1-4,14H2,(H,15,23)(H,16,18)(H,17,24)(H,19,20)(H,21,22)(H,25,26). The highest BCUT2D eigenvalue weighted by Crippen LogP contribution is 1.98. The van der Waals surface area contributed by atoms with E-state index in [2.05, 4.69) is 17.9 Å². The predicted octanol–water partition coefficient (Wildman–Crippen LogP) is -3.64. The monoisotopic (exact) mass is 408 g/mol. The van der Waals surface area contributed by atoms with E-state index < -0.39 is 73.1 Å². The number of carboxylic acid groups (broad SMARTS) is 3. The van der Waals surface area contributed by atoms with Crippen LogP contribution in [0.2, 0.25) is 0 Å². The second-order valence-electron chi connectivity index (χ2n) is 5.22. The molecule has 14 heteroatoms. The van der Waals surface area contributed by atoms with Crippen molar-refractivity contribution in [2.75, 3.05) is 12.3 Å². The number of carbonyl (C=O) groups excluding carboxylic acids is 3. The van der Waals surface area contributed by atoms with Crippen LogP contribution < -0.4 is 21.7 Å². The lowest BCUT2D eigenvalue weighted by Crippen LogP contribution is -2.54. The number of carbonyl (C=O) groups is 6. The van der Waals surface area contributed by atoms with Gasteiger partial charge in [-0.2, -0.15) is 12.6 Å². The van der Waals surface area contributed by atoms with Gasteiger partial charge in [0.15, 0.2) is 0 Å². The van der Waals surface area contributed by atoms with Crippen molar-refractivity contribution in [1.82, 2.24) is 16.0 Å². The molecule has 0 aliphatic carbocycles. The average Bonchev–Trinajstić information content (AvgIpc) is 2.56. The molecule has 0 heterocycles. The Bertz CT molecular complexity index is 613. The summed E-state index contributed by atoms with van der Waals surface area (Å²) >= 11 is 3.80. The first-order valence-corrected chi connectivity index (χ1v) is 8.01. The van der Waals surface area contributed by atoms with E-state index >= 15 is 0 Å². The second-order valence-corrected chi connectivity index (χ2v) is 5.59. The molecule has 0 spiro atoms. The molecule has 0 radical (unpaired) electrons. The van der Waals surface area contributed by atoms with Crippen molar-refractivity contribution in [3.05, 3.63) is 0 Å². The van der Waals surface area contributed by atoms with Gasteiger partial charge >= 0.3 is 17.9 Å². The Hall–Kier alpha value is -2.87. The van der Waals surface area contributed by atoms with E-state index in [0.29, 0.717) is 0 Å². The highest BCUT2D eigenvalue weighted by atomic mass is 32.1. The van der Waals surface area contributed by atoms with Gasteiger partial charge in [-0.15, -0.1) is 0 Å². The van der Waals surface area contributed by atoms with Crippen molar-refractivity contribution in [2.24, 2.45) is 5.73 Å². The summed E-state index contributed by atoms with van der Waals surface area (Å²) in [5.74, 6) is -7.49. The quantitative estimate of drug-likeness (QED) is 0.148. The van der Waals surface area contributed by atoms with Gasteiger partial charge in [-0.1, -0.05) is 0 Å². The third kappa shape index (κ3) is 10.0. The molecule has 13 nitrogen and oxygen atoms in total. The fourth-order valence-electron chi connectivity index (χ4n) is 1.66. The molecule has 8 N–H and O–H groups in total. The zero-order valence-electron chi connectivity index (χ0n) is 13.9. The Morgan fingerprint density at radius 3 is 1.81 bits per heavy atom. The Labute approximate surface area is 158 Å². The van der Waals surface area contributed by atoms with Gasteiger partial charge in [0.05, 0.1) is 25.4 Å². The molecular formula is C13H20N4O9S. The highest BCUT2D eigenvalue weighted by molar-refractivity contribution is 7.80. The lowest BCUT2D eigenvalue weighted by molar-refractivity contribution is -0.148. The Morgan fingerprint density at radius 2 is 1.37 bits per heavy atom. The Morgan fingerprint density at radius 1 is 0.852 bits per heavy atom. The maximum Gasteiger partial charge on any atom is 0.326 e. The van der Waals surface area contributed by atoms with Crippen LogP contribution in [0.4, 0.5) is 0 Å². The predicted molar refractivity (Wildman–Crippen MR) is 90.8 cm³/mol. The maximum atomic E-state index is 12.0. The molecule has 0 rings (SSSR count). The number of hydrogen-bond acceptors (Lipinski definition) is 8. The maximum absolute atomic E-state index is 12.0. The summed E-state index contributed by atoms with van der Waals surface area (Å²) in [6, 6.07) is -4.50. The molecule has 0 aromatic heterocycles. The molecular weight excluding hydrogens is 388 g/mol. The van der Waals surface area contributed by atoms with Crippen molar-refractivity contribution in [2.45, 2.75) is 31.0 Å². The number of nitrogens with one attached hydrogen (secondary N) is 3. The van der Waals surface area contributed by atoms with Gasteiger partial charge in [-0.05, 0) is 0 Å². The molecule has 27 heavy (non-hydrogen) atoms. The smallest absolute Gasteiger partial charge is 0.326 e. The molecule has 0 aliphatic rings. The van der Waals surface area contributed by atoms with E-state index in [1.54, 1.807) is 0 Å². The molecule has 0 saturated heterocycles. The summed E-state index contributed by atoms with van der Waals surface area (Å²) < 4.78 is 0. The normalized spacial score (nSPS) is 13.6. The van der Waals surface area contributed by atoms with Gasteiger partial charge in [-0.3, -0.25) is 24.0 Å². The van der Waals surface area contributed by atoms with Crippen LogP contribution in [0.1, 0.15) is 12.8 Å². The van der Waals surface area contributed by atoms with Crippen LogP contribution in [0, 0.1) is 0 Å². The topological polar surface area (TPSA) is 225 Å². The summed E-state index contributed by atoms with van der Waals surface area (Å²) in [6.45, 7) is -0.624. The summed E-state index contributed by atoms with van der Waals surface area (Å²) in [7, 11) is 0. The fourth-order valence-corrected chi connectivity index (χ4v) is 1.82. The van der Waals surface area contributed by atoms with E-state index in [4.69, 9.17) is 21.1 Å². The van der Waals surface area contributed by atoms with Gasteiger partial charge in [0, 0.05) is 5.75 Å². The number of carboxylic acids is 3. The van der Waals surface area contributed by atoms with Crippen LogP contribution in [-0.2, 0) is 28.8 Å². The van der Waals surface area contributed by atoms with Crippen LogP contribution in [-0.4, -0.2) is 81.4 Å². The van der Waals surface area contributed by atoms with E-state index in [1.165, 1.54) is 0 Å². The van der Waals surface area contributed by atoms with Gasteiger partial charge in [0.2, 0.25) is 17.7 Å². The molecule has 0 fully saturated rings. The lowest BCUT2D eigenvalue weighted by Gasteiger charge is -2.20. The average molecular weight is 408 g/mol. The summed E-state index contributed by atoms with van der Waals surface area (Å²) in [5.41, 5.74) is 5.38. The fraction of sp³-hybridized carbons (Fsp3) is 0.538.